The van der Waals surface area contributed by atoms with Gasteiger partial charge in [-0.1, -0.05) is 49.4 Å². The molecule has 0 aliphatic carbocycles. The van der Waals surface area contributed by atoms with E-state index < -0.39 is 0 Å². The molecule has 0 aliphatic heterocycles. The van der Waals surface area contributed by atoms with Crippen LogP contribution in [-0.4, -0.2) is 0 Å². The molecule has 0 nitrogen and oxygen atoms in total. The Labute approximate surface area is 235 Å². The van der Waals surface area contributed by atoms with Crippen molar-refractivity contribution in [3.05, 3.63) is 112 Å². The average molecular weight is 639 g/mol. The molecular formula is C29H34Br2S3. The van der Waals surface area contributed by atoms with Crippen molar-refractivity contribution < 1.29 is 0 Å². The van der Waals surface area contributed by atoms with Crippen molar-refractivity contribution in [2.75, 3.05) is 0 Å². The van der Waals surface area contributed by atoms with Crippen molar-refractivity contribution in [3.8, 4) is 0 Å². The zero-order valence-corrected chi connectivity index (χ0v) is 25.5. The normalized spacial score (nSPS) is 9.53. The second-order valence-corrected chi connectivity index (χ2v) is 13.6. The Morgan fingerprint density at radius 3 is 1.76 bits per heavy atom. The van der Waals surface area contributed by atoms with Crippen LogP contribution in [0.25, 0.3) is 10.1 Å². The van der Waals surface area contributed by atoms with E-state index in [-0.39, 0.29) is 7.43 Å². The van der Waals surface area contributed by atoms with Gasteiger partial charge in [0, 0.05) is 23.8 Å². The Morgan fingerprint density at radius 1 is 0.647 bits per heavy atom. The molecule has 5 aromatic rings. The second-order valence-electron chi connectivity index (χ2n) is 7.66. The number of hydrogen-bond donors (Lipinski definition) is 0. The summed E-state index contributed by atoms with van der Waals surface area (Å²) >= 11 is 12.1. The van der Waals surface area contributed by atoms with E-state index >= 15 is 0 Å². The lowest BCUT2D eigenvalue weighted by Crippen LogP contribution is -1.79. The van der Waals surface area contributed by atoms with E-state index in [1.54, 1.807) is 22.7 Å². The first-order valence-corrected chi connectivity index (χ1v) is 14.7. The Morgan fingerprint density at radius 2 is 1.35 bits per heavy atom. The van der Waals surface area contributed by atoms with Crippen molar-refractivity contribution in [3.63, 3.8) is 0 Å². The van der Waals surface area contributed by atoms with Gasteiger partial charge in [0.25, 0.3) is 0 Å². The lowest BCUT2D eigenvalue weighted by atomic mass is 10.1. The highest BCUT2D eigenvalue weighted by molar-refractivity contribution is 9.11. The molecular weight excluding hydrogens is 604 g/mol. The molecule has 0 fully saturated rings. The van der Waals surface area contributed by atoms with Gasteiger partial charge >= 0.3 is 0 Å². The van der Waals surface area contributed by atoms with Crippen LogP contribution in [0.15, 0.2) is 80.4 Å². The molecule has 0 amide bonds. The van der Waals surface area contributed by atoms with Crippen LogP contribution in [0.1, 0.15) is 38.7 Å². The molecule has 0 bridgehead atoms. The molecule has 0 N–H and O–H groups in total. The zero-order valence-electron chi connectivity index (χ0n) is 19.9. The number of fused-ring (bicyclic) bond motifs is 1. The van der Waals surface area contributed by atoms with Gasteiger partial charge in [-0.15, -0.1) is 34.0 Å². The van der Waals surface area contributed by atoms with Crippen LogP contribution in [0, 0.1) is 41.5 Å². The van der Waals surface area contributed by atoms with Crippen molar-refractivity contribution in [2.45, 2.75) is 49.0 Å². The summed E-state index contributed by atoms with van der Waals surface area (Å²) in [5.74, 6) is 0. The lowest BCUT2D eigenvalue weighted by Gasteiger charge is -1.98. The predicted molar refractivity (Wildman–Crippen MR) is 167 cm³/mol. The highest BCUT2D eigenvalue weighted by Gasteiger charge is 1.94. The van der Waals surface area contributed by atoms with Gasteiger partial charge in [-0.25, -0.2) is 0 Å². The Balaban J connectivity index is 0.000000227. The van der Waals surface area contributed by atoms with E-state index in [9.17, 15) is 0 Å². The minimum atomic E-state index is 0. The van der Waals surface area contributed by atoms with Crippen LogP contribution < -0.4 is 0 Å². The van der Waals surface area contributed by atoms with Crippen molar-refractivity contribution in [1.82, 2.24) is 0 Å². The van der Waals surface area contributed by atoms with Crippen molar-refractivity contribution in [1.29, 1.82) is 0 Å². The van der Waals surface area contributed by atoms with E-state index in [0.29, 0.717) is 0 Å². The summed E-state index contributed by atoms with van der Waals surface area (Å²) in [7, 11) is 0. The van der Waals surface area contributed by atoms with Gasteiger partial charge in [0.2, 0.25) is 0 Å². The second kappa shape index (κ2) is 15.7. The number of benzene rings is 2. The van der Waals surface area contributed by atoms with E-state index in [0.717, 1.165) is 0 Å². The molecule has 5 rings (SSSR count). The molecule has 0 radical (unpaired) electrons. The summed E-state index contributed by atoms with van der Waals surface area (Å²) in [6.07, 6.45) is 0. The van der Waals surface area contributed by atoms with Gasteiger partial charge in [0.15, 0.2) is 0 Å². The Hall–Kier alpha value is -1.24. The van der Waals surface area contributed by atoms with Gasteiger partial charge in [0.1, 0.15) is 0 Å². The third-order valence-electron chi connectivity index (χ3n) is 4.71. The molecule has 0 atom stereocenters. The first-order chi connectivity index (χ1) is 15.7. The SMILES string of the molecule is C.Cc1cc2ccccc2s1.Cc1ccc(Br)s1.Cc1ccc(C)c(C)c1.Cc1sccc1Br. The van der Waals surface area contributed by atoms with Crippen LogP contribution in [-0.2, 0) is 0 Å². The smallest absolute Gasteiger partial charge is 0.0701 e. The molecule has 3 aromatic heterocycles. The molecule has 182 valence electrons. The number of halogens is 2. The first kappa shape index (κ1) is 30.8. The summed E-state index contributed by atoms with van der Waals surface area (Å²) in [4.78, 5) is 4.09. The number of rotatable bonds is 0. The maximum atomic E-state index is 3.38. The third kappa shape index (κ3) is 11.0. The van der Waals surface area contributed by atoms with Gasteiger partial charge in [-0.3, -0.25) is 0 Å². The van der Waals surface area contributed by atoms with Gasteiger partial charge in [-0.2, -0.15) is 0 Å². The van der Waals surface area contributed by atoms with E-state index in [4.69, 9.17) is 0 Å². The third-order valence-corrected chi connectivity index (χ3v) is 9.25. The van der Waals surface area contributed by atoms with Crippen LogP contribution in [0.5, 0.6) is 0 Å². The largest absolute Gasteiger partial charge is 0.148 e. The topological polar surface area (TPSA) is 0 Å². The number of hydrogen-bond acceptors (Lipinski definition) is 3. The molecule has 0 aliphatic rings. The summed E-state index contributed by atoms with van der Waals surface area (Å²) < 4.78 is 3.82. The number of thiophene rings is 3. The summed E-state index contributed by atoms with van der Waals surface area (Å²) in [6.45, 7) is 12.7. The van der Waals surface area contributed by atoms with E-state index in [2.05, 4.69) is 146 Å². The van der Waals surface area contributed by atoms with E-state index in [1.807, 2.05) is 11.3 Å². The standard InChI is InChI=1S/C9H8S.C9H12.2C5H5BrS.CH4/c1-7-6-8-4-2-3-5-9(8)10-7;1-7-4-5-8(2)9(3)6-7;1-4-5(6)2-3-7-4;1-4-2-3-5(6)7-4;/h2-6H,1H3;4-6H,1-3H3;2*2-3H,1H3;1H4. The van der Waals surface area contributed by atoms with Crippen LogP contribution in [0.3, 0.4) is 0 Å². The highest BCUT2D eigenvalue weighted by atomic mass is 79.9. The van der Waals surface area contributed by atoms with Gasteiger partial charge < -0.3 is 0 Å². The zero-order chi connectivity index (χ0) is 24.4. The monoisotopic (exact) mass is 636 g/mol. The molecule has 5 heteroatoms. The van der Waals surface area contributed by atoms with Crippen LogP contribution in [0.4, 0.5) is 0 Å². The minimum absolute atomic E-state index is 0. The fraction of sp³-hybridized carbons (Fsp3) is 0.241. The maximum Gasteiger partial charge on any atom is 0.0701 e. The quantitative estimate of drug-likeness (QED) is 0.158. The molecule has 0 saturated carbocycles. The molecule has 34 heavy (non-hydrogen) atoms. The van der Waals surface area contributed by atoms with Crippen molar-refractivity contribution in [2.24, 2.45) is 0 Å². The summed E-state index contributed by atoms with van der Waals surface area (Å²) in [5, 5.41) is 3.43. The summed E-state index contributed by atoms with van der Waals surface area (Å²) in [6, 6.07) is 23.4. The molecule has 2 aromatic carbocycles. The van der Waals surface area contributed by atoms with Gasteiger partial charge in [-0.05, 0) is 126 Å². The molecule has 0 spiro atoms. The Kier molecular flexibility index (Phi) is 14.2. The Bertz CT molecular complexity index is 1200. The van der Waals surface area contributed by atoms with Crippen LogP contribution in [0.2, 0.25) is 0 Å². The lowest BCUT2D eigenvalue weighted by molar-refractivity contribution is 1.30. The summed E-state index contributed by atoms with van der Waals surface area (Å²) in [5.41, 5.74) is 4.11. The highest BCUT2D eigenvalue weighted by Crippen LogP contribution is 2.24. The van der Waals surface area contributed by atoms with Crippen molar-refractivity contribution >= 4 is 76.0 Å². The average Bonchev–Trinajstić information content (AvgIpc) is 3.46. The van der Waals surface area contributed by atoms with Gasteiger partial charge in [0.05, 0.1) is 3.79 Å². The maximum absolute atomic E-state index is 3.38. The van der Waals surface area contributed by atoms with E-state index in [1.165, 1.54) is 49.7 Å². The first-order valence-electron chi connectivity index (χ1n) is 10.6. The fourth-order valence-corrected chi connectivity index (χ4v) is 6.36. The molecule has 0 unspecified atom stereocenters. The fourth-order valence-electron chi connectivity index (χ4n) is 2.78. The molecule has 0 saturated heterocycles. The molecule has 3 heterocycles. The predicted octanol–water partition coefficient (Wildman–Crippen LogP) is 12.1. The number of aryl methyl sites for hydroxylation is 6. The van der Waals surface area contributed by atoms with Crippen LogP contribution >= 0.6 is 65.9 Å². The minimum Gasteiger partial charge on any atom is -0.148 e.